The predicted molar refractivity (Wildman–Crippen MR) is 47.7 cm³/mol. The smallest absolute Gasteiger partial charge is 0.174 e. The molecule has 13 heavy (non-hydrogen) atoms. The van der Waals surface area contributed by atoms with Gasteiger partial charge in [0.05, 0.1) is 0 Å². The number of rotatable bonds is 3. The van der Waals surface area contributed by atoms with Gasteiger partial charge in [-0.05, 0) is 30.7 Å². The second-order valence-electron chi connectivity index (χ2n) is 2.58. The van der Waals surface area contributed by atoms with E-state index in [-0.39, 0.29) is 6.61 Å². The molecule has 1 aromatic carbocycles. The van der Waals surface area contributed by atoms with Gasteiger partial charge >= 0.3 is 0 Å². The van der Waals surface area contributed by atoms with Gasteiger partial charge in [0.1, 0.15) is 18.1 Å². The molecule has 0 aliphatic carbocycles. The lowest BCUT2D eigenvalue weighted by Gasteiger charge is -2.03. The molecule has 0 spiro atoms. The normalized spacial score (nSPS) is 8.92. The number of carbonyl (C=O) groups is 1. The van der Waals surface area contributed by atoms with Gasteiger partial charge in [-0.2, -0.15) is 5.26 Å². The van der Waals surface area contributed by atoms with E-state index in [1.54, 1.807) is 18.2 Å². The third-order valence-corrected chi connectivity index (χ3v) is 1.67. The van der Waals surface area contributed by atoms with Crippen molar-refractivity contribution in [2.45, 2.75) is 6.92 Å². The summed E-state index contributed by atoms with van der Waals surface area (Å²) >= 11 is 0. The standard InChI is InChI=1S/C10H9NO2/c1-8-6-10(13-5-4-11)3-2-9(8)7-12/h2-3,6-7H,5H2,1H3. The first-order valence-corrected chi connectivity index (χ1v) is 3.83. The van der Waals surface area contributed by atoms with Crippen LogP contribution < -0.4 is 4.74 Å². The van der Waals surface area contributed by atoms with Crippen molar-refractivity contribution in [2.24, 2.45) is 0 Å². The Morgan fingerprint density at radius 3 is 2.92 bits per heavy atom. The highest BCUT2D eigenvalue weighted by Gasteiger charge is 1.98. The molecule has 66 valence electrons. The van der Waals surface area contributed by atoms with Crippen molar-refractivity contribution < 1.29 is 9.53 Å². The number of benzene rings is 1. The van der Waals surface area contributed by atoms with Gasteiger partial charge in [0.15, 0.2) is 6.61 Å². The van der Waals surface area contributed by atoms with Crippen LogP contribution in [-0.4, -0.2) is 12.9 Å². The number of hydrogen-bond donors (Lipinski definition) is 0. The Morgan fingerprint density at radius 1 is 1.62 bits per heavy atom. The molecule has 0 atom stereocenters. The van der Waals surface area contributed by atoms with Crippen LogP contribution in [0.3, 0.4) is 0 Å². The average molecular weight is 175 g/mol. The molecule has 1 aromatic rings. The lowest BCUT2D eigenvalue weighted by molar-refractivity contribution is 0.112. The van der Waals surface area contributed by atoms with Gasteiger partial charge in [-0.25, -0.2) is 0 Å². The maximum atomic E-state index is 10.5. The van der Waals surface area contributed by atoms with Gasteiger partial charge < -0.3 is 4.74 Å². The zero-order valence-electron chi connectivity index (χ0n) is 7.28. The molecule has 0 aliphatic heterocycles. The lowest BCUT2D eigenvalue weighted by Crippen LogP contribution is -1.95. The molecular formula is C10H9NO2. The summed E-state index contributed by atoms with van der Waals surface area (Å²) < 4.78 is 5.06. The number of aryl methyl sites for hydroxylation is 1. The molecule has 3 nitrogen and oxygen atoms in total. The van der Waals surface area contributed by atoms with Crippen molar-refractivity contribution in [3.8, 4) is 11.8 Å². The fourth-order valence-corrected chi connectivity index (χ4v) is 0.986. The monoisotopic (exact) mass is 175 g/mol. The summed E-state index contributed by atoms with van der Waals surface area (Å²) in [5.74, 6) is 0.615. The molecule has 0 fully saturated rings. The van der Waals surface area contributed by atoms with Gasteiger partial charge in [-0.1, -0.05) is 0 Å². The molecule has 0 saturated carbocycles. The fourth-order valence-electron chi connectivity index (χ4n) is 0.986. The molecule has 3 heteroatoms. The van der Waals surface area contributed by atoms with E-state index in [0.717, 1.165) is 11.8 Å². The predicted octanol–water partition coefficient (Wildman–Crippen LogP) is 1.71. The molecule has 0 heterocycles. The van der Waals surface area contributed by atoms with E-state index >= 15 is 0 Å². The van der Waals surface area contributed by atoms with Gasteiger partial charge in [-0.3, -0.25) is 4.79 Å². The molecular weight excluding hydrogens is 166 g/mol. The van der Waals surface area contributed by atoms with Crippen molar-refractivity contribution in [3.63, 3.8) is 0 Å². The summed E-state index contributed by atoms with van der Waals surface area (Å²) in [6, 6.07) is 6.96. The Balaban J connectivity index is 2.84. The van der Waals surface area contributed by atoms with Crippen LogP contribution in [-0.2, 0) is 0 Å². The van der Waals surface area contributed by atoms with Gasteiger partial charge in [0.25, 0.3) is 0 Å². The lowest BCUT2D eigenvalue weighted by atomic mass is 10.1. The summed E-state index contributed by atoms with van der Waals surface area (Å²) in [6.45, 7) is 1.85. The van der Waals surface area contributed by atoms with E-state index in [1.165, 1.54) is 0 Å². The summed E-state index contributed by atoms with van der Waals surface area (Å²) in [5, 5.41) is 8.27. The maximum Gasteiger partial charge on any atom is 0.174 e. The van der Waals surface area contributed by atoms with Gasteiger partial charge in [-0.15, -0.1) is 0 Å². The number of aldehydes is 1. The zero-order valence-corrected chi connectivity index (χ0v) is 7.28. The molecule has 1 rings (SSSR count). The first kappa shape index (κ1) is 9.27. The minimum Gasteiger partial charge on any atom is -0.479 e. The van der Waals surface area contributed by atoms with Crippen LogP contribution in [0, 0.1) is 18.3 Å². The summed E-state index contributed by atoms with van der Waals surface area (Å²) in [7, 11) is 0. The summed E-state index contributed by atoms with van der Waals surface area (Å²) in [5.41, 5.74) is 1.50. The average Bonchev–Trinajstić information content (AvgIpc) is 2.15. The summed E-state index contributed by atoms with van der Waals surface area (Å²) in [4.78, 5) is 10.5. The van der Waals surface area contributed by atoms with Gasteiger partial charge in [0, 0.05) is 5.56 Å². The topological polar surface area (TPSA) is 50.1 Å². The van der Waals surface area contributed by atoms with Crippen LogP contribution in [0.25, 0.3) is 0 Å². The minimum absolute atomic E-state index is 0.0277. The highest BCUT2D eigenvalue weighted by atomic mass is 16.5. The molecule has 0 aliphatic rings. The van der Waals surface area contributed by atoms with E-state index in [9.17, 15) is 4.79 Å². The van der Waals surface area contributed by atoms with Crippen LogP contribution in [0.2, 0.25) is 0 Å². The number of ether oxygens (including phenoxy) is 1. The van der Waals surface area contributed by atoms with Crippen molar-refractivity contribution in [1.82, 2.24) is 0 Å². The van der Waals surface area contributed by atoms with Crippen LogP contribution in [0.4, 0.5) is 0 Å². The third kappa shape index (κ3) is 2.31. The quantitative estimate of drug-likeness (QED) is 0.657. The van der Waals surface area contributed by atoms with E-state index in [0.29, 0.717) is 11.3 Å². The fraction of sp³-hybridized carbons (Fsp3) is 0.200. The molecule has 0 amide bonds. The maximum absolute atomic E-state index is 10.5. The Bertz CT molecular complexity index is 352. The van der Waals surface area contributed by atoms with E-state index in [2.05, 4.69) is 0 Å². The molecule has 0 unspecified atom stereocenters. The second kappa shape index (κ2) is 4.27. The van der Waals surface area contributed by atoms with Crippen molar-refractivity contribution in [3.05, 3.63) is 29.3 Å². The molecule has 0 radical (unpaired) electrons. The highest BCUT2D eigenvalue weighted by Crippen LogP contribution is 2.15. The van der Waals surface area contributed by atoms with Crippen LogP contribution >= 0.6 is 0 Å². The Kier molecular flexibility index (Phi) is 3.04. The SMILES string of the molecule is Cc1cc(OCC#N)ccc1C=O. The van der Waals surface area contributed by atoms with Crippen LogP contribution in [0.15, 0.2) is 18.2 Å². The number of nitrogens with zero attached hydrogens (tertiary/aromatic N) is 1. The van der Waals surface area contributed by atoms with Crippen molar-refractivity contribution in [2.75, 3.05) is 6.61 Å². The van der Waals surface area contributed by atoms with Gasteiger partial charge in [0.2, 0.25) is 0 Å². The molecule has 0 saturated heterocycles. The van der Waals surface area contributed by atoms with E-state index in [4.69, 9.17) is 10.00 Å². The Hall–Kier alpha value is -1.82. The minimum atomic E-state index is 0.0277. The first-order chi connectivity index (χ1) is 6.27. The van der Waals surface area contributed by atoms with Crippen LogP contribution in [0.1, 0.15) is 15.9 Å². The second-order valence-corrected chi connectivity index (χ2v) is 2.58. The number of carbonyl (C=O) groups excluding carboxylic acids is 1. The molecule has 0 aromatic heterocycles. The van der Waals surface area contributed by atoms with E-state index < -0.39 is 0 Å². The Labute approximate surface area is 76.6 Å². The van der Waals surface area contributed by atoms with E-state index in [1.807, 2.05) is 13.0 Å². The van der Waals surface area contributed by atoms with Crippen LogP contribution in [0.5, 0.6) is 5.75 Å². The third-order valence-electron chi connectivity index (χ3n) is 1.67. The van der Waals surface area contributed by atoms with Crippen molar-refractivity contribution >= 4 is 6.29 Å². The largest absolute Gasteiger partial charge is 0.479 e. The molecule has 0 N–H and O–H groups in total. The molecule has 0 bridgehead atoms. The number of nitriles is 1. The zero-order chi connectivity index (χ0) is 9.68. The first-order valence-electron chi connectivity index (χ1n) is 3.83. The van der Waals surface area contributed by atoms with Crippen molar-refractivity contribution in [1.29, 1.82) is 5.26 Å². The highest BCUT2D eigenvalue weighted by molar-refractivity contribution is 5.77. The summed E-state index contributed by atoms with van der Waals surface area (Å²) in [6.07, 6.45) is 0.795. The Morgan fingerprint density at radius 2 is 2.38 bits per heavy atom. The number of hydrogen-bond acceptors (Lipinski definition) is 3.